The Balaban J connectivity index is 4.93. The zero-order valence-electron chi connectivity index (χ0n) is 18.0. The van der Waals surface area contributed by atoms with Crippen LogP contribution in [0.2, 0.25) is 0 Å². The Morgan fingerprint density at radius 3 is 1.54 bits per heavy atom. The van der Waals surface area contributed by atoms with Crippen molar-refractivity contribution in [3.05, 3.63) is 0 Å². The summed E-state index contributed by atoms with van der Waals surface area (Å²) >= 11 is 0. The van der Waals surface area contributed by atoms with Crippen LogP contribution in [0.3, 0.4) is 0 Å². The highest BCUT2D eigenvalue weighted by molar-refractivity contribution is 7.55. The Bertz CT molecular complexity index is 441. The van der Waals surface area contributed by atoms with Crippen LogP contribution in [-0.2, 0) is 31.7 Å². The molecule has 0 spiro atoms. The van der Waals surface area contributed by atoms with Gasteiger partial charge in [-0.05, 0) is 40.5 Å². The summed E-state index contributed by atoms with van der Waals surface area (Å²) in [6, 6.07) is 0. The summed E-state index contributed by atoms with van der Waals surface area (Å²) in [7, 11) is -7.48. The summed E-state index contributed by atoms with van der Waals surface area (Å²) in [4.78, 5) is 0. The number of aliphatic hydroxyl groups excluding tert-OH is 1. The van der Waals surface area contributed by atoms with E-state index >= 15 is 0 Å². The van der Waals surface area contributed by atoms with Crippen LogP contribution in [0, 0.1) is 0 Å². The van der Waals surface area contributed by atoms with E-state index in [1.54, 1.807) is 27.7 Å². The van der Waals surface area contributed by atoms with Gasteiger partial charge in [-0.1, -0.05) is 38.5 Å². The van der Waals surface area contributed by atoms with Gasteiger partial charge in [0.2, 0.25) is 0 Å². The maximum absolute atomic E-state index is 13.2. The maximum atomic E-state index is 13.2. The molecule has 1 unspecified atom stereocenters. The molecule has 0 bridgehead atoms. The predicted octanol–water partition coefficient (Wildman–Crippen LogP) is 5.89. The lowest BCUT2D eigenvalue weighted by Crippen LogP contribution is -2.18. The van der Waals surface area contributed by atoms with Crippen LogP contribution in [0.15, 0.2) is 0 Å². The van der Waals surface area contributed by atoms with Crippen LogP contribution in [0.5, 0.6) is 0 Å². The number of aliphatic hydroxyl groups is 1. The molecule has 0 amide bonds. The molecule has 0 aromatic carbocycles. The first kappa shape index (κ1) is 28.2. The zero-order chi connectivity index (χ0) is 21.3. The van der Waals surface area contributed by atoms with E-state index in [0.29, 0.717) is 6.42 Å². The molecule has 0 aliphatic rings. The molecular weight excluding hydrogens is 406 g/mol. The number of hydrogen-bond acceptors (Lipinski definition) is 8. The summed E-state index contributed by atoms with van der Waals surface area (Å²) in [6.45, 7) is 7.72. The summed E-state index contributed by atoms with van der Waals surface area (Å²) in [5, 5.41) is 8.79. The van der Waals surface area contributed by atoms with E-state index in [0.717, 1.165) is 44.9 Å². The fourth-order valence-electron chi connectivity index (χ4n) is 2.71. The largest absolute Gasteiger partial charge is 0.475 e. The average Bonchev–Trinajstić information content (AvgIpc) is 2.63. The molecule has 10 heteroatoms. The van der Waals surface area contributed by atoms with Gasteiger partial charge in [-0.25, -0.2) is 4.57 Å². The average molecular weight is 446 g/mol. The van der Waals surface area contributed by atoms with Gasteiger partial charge in [0.1, 0.15) is 0 Å². The molecule has 0 aliphatic carbocycles. The molecule has 0 fully saturated rings. The molecule has 0 radical (unpaired) electrons. The molecule has 0 saturated carbocycles. The number of hydrogen-bond donors (Lipinski definition) is 1. The topological polar surface area (TPSA) is 101 Å². The van der Waals surface area contributed by atoms with E-state index in [9.17, 15) is 9.13 Å². The van der Waals surface area contributed by atoms with E-state index in [1.165, 1.54) is 0 Å². The standard InChI is InChI=1S/C18H40O8P2/c1-5-22-27(20,23-6-2)18(26-28(21,24-7-3)25-8-4)16-14-12-10-9-11-13-15-17-19/h18-19H,5-17H2,1-4H3. The summed E-state index contributed by atoms with van der Waals surface area (Å²) in [5.74, 6) is -1.01. The second-order valence-electron chi connectivity index (χ2n) is 6.21. The second kappa shape index (κ2) is 17.0. The molecule has 8 nitrogen and oxygen atoms in total. The third-order valence-corrected chi connectivity index (χ3v) is 8.04. The van der Waals surface area contributed by atoms with Crippen molar-refractivity contribution in [2.75, 3.05) is 33.0 Å². The molecule has 0 heterocycles. The van der Waals surface area contributed by atoms with Crippen molar-refractivity contribution < 1.29 is 36.9 Å². The number of phosphoric acid groups is 1. The minimum Gasteiger partial charge on any atom is -0.396 e. The van der Waals surface area contributed by atoms with Gasteiger partial charge in [-0.15, -0.1) is 0 Å². The third-order valence-electron chi connectivity index (χ3n) is 3.91. The SMILES string of the molecule is CCOP(=O)(OCC)OC(CCCCCCCCCO)P(=O)(OCC)OCC. The minimum atomic E-state index is -3.85. The van der Waals surface area contributed by atoms with Crippen LogP contribution in [-0.4, -0.2) is 44.0 Å². The molecule has 28 heavy (non-hydrogen) atoms. The third kappa shape index (κ3) is 12.0. The Morgan fingerprint density at radius 1 is 0.679 bits per heavy atom. The van der Waals surface area contributed by atoms with Crippen LogP contribution in [0.1, 0.15) is 79.1 Å². The first-order valence-electron chi connectivity index (χ1n) is 10.5. The summed E-state index contributed by atoms with van der Waals surface area (Å²) < 4.78 is 52.8. The molecule has 0 saturated heterocycles. The highest BCUT2D eigenvalue weighted by atomic mass is 31.2. The van der Waals surface area contributed by atoms with Gasteiger partial charge in [-0.3, -0.25) is 18.1 Å². The Labute approximate surface area is 170 Å². The summed E-state index contributed by atoms with van der Waals surface area (Å²) in [5.41, 5.74) is 0. The first-order chi connectivity index (χ1) is 13.4. The lowest BCUT2D eigenvalue weighted by molar-refractivity contribution is 0.0853. The minimum absolute atomic E-state index is 0.144. The van der Waals surface area contributed by atoms with Crippen molar-refractivity contribution in [2.24, 2.45) is 0 Å². The highest BCUT2D eigenvalue weighted by Crippen LogP contribution is 2.62. The van der Waals surface area contributed by atoms with E-state index in [1.807, 2.05) is 0 Å². The fraction of sp³-hybridized carbons (Fsp3) is 1.00. The molecular formula is C18H40O8P2. The van der Waals surface area contributed by atoms with Crippen LogP contribution < -0.4 is 0 Å². The smallest absolute Gasteiger partial charge is 0.396 e. The Kier molecular flexibility index (Phi) is 17.1. The highest BCUT2D eigenvalue weighted by Gasteiger charge is 2.42. The van der Waals surface area contributed by atoms with Crippen molar-refractivity contribution in [1.82, 2.24) is 0 Å². The van der Waals surface area contributed by atoms with Gasteiger partial charge >= 0.3 is 15.4 Å². The molecule has 0 aromatic rings. The second-order valence-corrected chi connectivity index (χ2v) is 10.00. The van der Waals surface area contributed by atoms with Gasteiger partial charge in [0.25, 0.3) is 0 Å². The molecule has 0 rings (SSSR count). The number of unbranched alkanes of at least 4 members (excludes halogenated alkanes) is 6. The molecule has 1 atom stereocenters. The van der Waals surface area contributed by atoms with Crippen LogP contribution in [0.25, 0.3) is 0 Å². The van der Waals surface area contributed by atoms with Gasteiger partial charge in [-0.2, -0.15) is 0 Å². The Morgan fingerprint density at radius 2 is 1.11 bits per heavy atom. The van der Waals surface area contributed by atoms with E-state index in [4.69, 9.17) is 27.7 Å². The predicted molar refractivity (Wildman–Crippen MR) is 111 cm³/mol. The van der Waals surface area contributed by atoms with Gasteiger partial charge in [0.15, 0.2) is 5.85 Å². The van der Waals surface area contributed by atoms with E-state index < -0.39 is 21.3 Å². The van der Waals surface area contributed by atoms with Gasteiger partial charge in [0, 0.05) is 6.61 Å². The summed E-state index contributed by atoms with van der Waals surface area (Å²) in [6.07, 6.45) is 7.08. The first-order valence-corrected chi connectivity index (χ1v) is 13.6. The normalized spacial score (nSPS) is 13.8. The van der Waals surface area contributed by atoms with Crippen molar-refractivity contribution in [2.45, 2.75) is 84.9 Å². The maximum Gasteiger partial charge on any atom is 0.475 e. The Hall–Kier alpha value is 0.220. The van der Waals surface area contributed by atoms with Gasteiger partial charge in [0.05, 0.1) is 26.4 Å². The number of phosphoric ester groups is 1. The van der Waals surface area contributed by atoms with Crippen molar-refractivity contribution in [3.63, 3.8) is 0 Å². The lowest BCUT2D eigenvalue weighted by atomic mass is 10.1. The van der Waals surface area contributed by atoms with Gasteiger partial charge < -0.3 is 14.2 Å². The molecule has 0 aromatic heterocycles. The number of rotatable bonds is 20. The van der Waals surface area contributed by atoms with Crippen LogP contribution >= 0.6 is 15.4 Å². The van der Waals surface area contributed by atoms with E-state index in [-0.39, 0.29) is 33.0 Å². The monoisotopic (exact) mass is 446 g/mol. The molecule has 0 aliphatic heterocycles. The van der Waals surface area contributed by atoms with Crippen LogP contribution in [0.4, 0.5) is 0 Å². The zero-order valence-corrected chi connectivity index (χ0v) is 19.8. The van der Waals surface area contributed by atoms with Crippen molar-refractivity contribution in [1.29, 1.82) is 0 Å². The fourth-order valence-corrected chi connectivity index (χ4v) is 6.38. The molecule has 170 valence electrons. The van der Waals surface area contributed by atoms with Crippen molar-refractivity contribution >= 4 is 15.4 Å². The lowest BCUT2D eigenvalue weighted by Gasteiger charge is -2.28. The quantitative estimate of drug-likeness (QED) is 0.182. The van der Waals surface area contributed by atoms with E-state index in [2.05, 4.69) is 0 Å². The van der Waals surface area contributed by atoms with Crippen molar-refractivity contribution in [3.8, 4) is 0 Å². The molecule has 1 N–H and O–H groups in total.